The molecule has 21 heavy (non-hydrogen) atoms. The summed E-state index contributed by atoms with van der Waals surface area (Å²) in [7, 11) is 0. The maximum atomic E-state index is 5.94. The predicted octanol–water partition coefficient (Wildman–Crippen LogP) is 3.74. The van der Waals surface area contributed by atoms with E-state index in [-0.39, 0.29) is 0 Å². The molecule has 0 unspecified atom stereocenters. The highest BCUT2D eigenvalue weighted by Gasteiger charge is 2.32. The zero-order valence-corrected chi connectivity index (χ0v) is 14.5. The number of hydrogen-bond donors (Lipinski definition) is 1. The molecule has 4 heteroatoms. The summed E-state index contributed by atoms with van der Waals surface area (Å²) in [6.07, 6.45) is 4.98. The van der Waals surface area contributed by atoms with Gasteiger partial charge in [0, 0.05) is 18.8 Å². The number of hydrogen-bond acceptors (Lipinski definition) is 3. The zero-order valence-electron chi connectivity index (χ0n) is 13.7. The van der Waals surface area contributed by atoms with Crippen molar-refractivity contribution in [2.45, 2.75) is 53.4 Å². The molecule has 1 fully saturated rings. The zero-order chi connectivity index (χ0) is 15.6. The molecule has 0 spiro atoms. The second kappa shape index (κ2) is 6.30. The first-order valence-corrected chi connectivity index (χ1v) is 8.36. The van der Waals surface area contributed by atoms with Gasteiger partial charge in [-0.05, 0) is 43.7 Å². The molecule has 0 atom stereocenters. The summed E-state index contributed by atoms with van der Waals surface area (Å²) in [6, 6.07) is 2.06. The van der Waals surface area contributed by atoms with Crippen molar-refractivity contribution in [3.05, 3.63) is 22.9 Å². The van der Waals surface area contributed by atoms with Gasteiger partial charge in [-0.25, -0.2) is 4.98 Å². The minimum atomic E-state index is 0.456. The average Bonchev–Trinajstić information content (AvgIpc) is 2.46. The van der Waals surface area contributed by atoms with Crippen molar-refractivity contribution < 1.29 is 0 Å². The van der Waals surface area contributed by atoms with Crippen molar-refractivity contribution in [1.82, 2.24) is 4.98 Å². The molecule has 0 amide bonds. The molecule has 0 saturated carbocycles. The first kappa shape index (κ1) is 16.2. The number of aryl methyl sites for hydroxylation is 2. The predicted molar refractivity (Wildman–Crippen MR) is 94.1 cm³/mol. The maximum Gasteiger partial charge on any atom is 0.139 e. The Bertz CT molecular complexity index is 525. The lowest BCUT2D eigenvalue weighted by molar-refractivity contribution is 0.199. The second-order valence-electron chi connectivity index (χ2n) is 6.34. The lowest BCUT2D eigenvalue weighted by atomic mass is 9.74. The summed E-state index contributed by atoms with van der Waals surface area (Å²) in [4.78, 5) is 7.57. The molecule has 0 radical (unpaired) electrons. The van der Waals surface area contributed by atoms with Crippen molar-refractivity contribution in [2.24, 2.45) is 11.1 Å². The number of pyridine rings is 1. The number of aromatic nitrogens is 1. The van der Waals surface area contributed by atoms with E-state index < -0.39 is 0 Å². The van der Waals surface area contributed by atoms with Crippen LogP contribution in [0.5, 0.6) is 0 Å². The fraction of sp³-hybridized carbons (Fsp3) is 0.647. The molecule has 2 N–H and O–H groups in total. The molecular weight excluding hydrogens is 278 g/mol. The summed E-state index contributed by atoms with van der Waals surface area (Å²) in [6.45, 7) is 10.8. The number of rotatable bonds is 4. The van der Waals surface area contributed by atoms with Crippen molar-refractivity contribution >= 4 is 23.0 Å². The third-order valence-corrected chi connectivity index (χ3v) is 5.40. The third kappa shape index (κ3) is 3.20. The Hall–Kier alpha value is -1.16. The topological polar surface area (TPSA) is 42.2 Å². The van der Waals surface area contributed by atoms with Crippen LogP contribution in [-0.2, 0) is 0 Å². The van der Waals surface area contributed by atoms with Gasteiger partial charge in [-0.15, -0.1) is 0 Å². The summed E-state index contributed by atoms with van der Waals surface area (Å²) in [5.41, 5.74) is 9.57. The van der Waals surface area contributed by atoms with E-state index in [4.69, 9.17) is 22.9 Å². The van der Waals surface area contributed by atoms with E-state index in [0.717, 1.165) is 35.7 Å². The molecule has 1 aliphatic heterocycles. The summed E-state index contributed by atoms with van der Waals surface area (Å²) in [5, 5.41) is 0. The van der Waals surface area contributed by atoms with Gasteiger partial charge < -0.3 is 10.6 Å². The third-order valence-electron chi connectivity index (χ3n) is 5.20. The van der Waals surface area contributed by atoms with Gasteiger partial charge in [0.15, 0.2) is 0 Å². The van der Waals surface area contributed by atoms with E-state index in [9.17, 15) is 0 Å². The molecule has 2 heterocycles. The normalized spacial score (nSPS) is 17.8. The van der Waals surface area contributed by atoms with Crippen LogP contribution in [0, 0.1) is 19.3 Å². The van der Waals surface area contributed by atoms with Gasteiger partial charge in [0.25, 0.3) is 0 Å². The molecule has 1 aromatic heterocycles. The van der Waals surface area contributed by atoms with Gasteiger partial charge in [0.2, 0.25) is 0 Å². The first-order chi connectivity index (χ1) is 9.92. The van der Waals surface area contributed by atoms with Crippen LogP contribution in [0.4, 0.5) is 5.82 Å². The number of nitrogens with zero attached hydrogens (tertiary/aromatic N) is 2. The van der Waals surface area contributed by atoms with Crippen LogP contribution < -0.4 is 10.6 Å². The molecule has 0 aliphatic carbocycles. The van der Waals surface area contributed by atoms with Crippen LogP contribution in [-0.4, -0.2) is 23.1 Å². The Morgan fingerprint density at radius 3 is 2.33 bits per heavy atom. The van der Waals surface area contributed by atoms with Crippen LogP contribution >= 0.6 is 12.2 Å². The summed E-state index contributed by atoms with van der Waals surface area (Å²) in [5.74, 6) is 0.987. The van der Waals surface area contributed by atoms with Gasteiger partial charge in [-0.2, -0.15) is 0 Å². The summed E-state index contributed by atoms with van der Waals surface area (Å²) < 4.78 is 0. The van der Waals surface area contributed by atoms with Crippen molar-refractivity contribution in [3.63, 3.8) is 0 Å². The van der Waals surface area contributed by atoms with E-state index in [1.54, 1.807) is 0 Å². The fourth-order valence-corrected chi connectivity index (χ4v) is 3.75. The van der Waals surface area contributed by atoms with Gasteiger partial charge in [0.05, 0.1) is 5.56 Å². The Kier molecular flexibility index (Phi) is 4.87. The van der Waals surface area contributed by atoms with Crippen molar-refractivity contribution in [2.75, 3.05) is 18.0 Å². The molecule has 3 nitrogen and oxygen atoms in total. The summed E-state index contributed by atoms with van der Waals surface area (Å²) >= 11 is 5.25. The minimum absolute atomic E-state index is 0.456. The number of piperidine rings is 1. The molecule has 1 saturated heterocycles. The molecule has 0 bridgehead atoms. The van der Waals surface area contributed by atoms with Crippen LogP contribution in [0.3, 0.4) is 0 Å². The Balaban J connectivity index is 2.30. The number of nitrogens with two attached hydrogens (primary N) is 1. The minimum Gasteiger partial charge on any atom is -0.389 e. The molecule has 116 valence electrons. The van der Waals surface area contributed by atoms with Crippen molar-refractivity contribution in [1.29, 1.82) is 0 Å². The molecular formula is C17H27N3S. The van der Waals surface area contributed by atoms with Crippen LogP contribution in [0.2, 0.25) is 0 Å². The van der Waals surface area contributed by atoms with Crippen LogP contribution in [0.15, 0.2) is 6.07 Å². The quantitative estimate of drug-likeness (QED) is 0.861. The number of anilines is 1. The Morgan fingerprint density at radius 1 is 1.29 bits per heavy atom. The Morgan fingerprint density at radius 2 is 1.86 bits per heavy atom. The largest absolute Gasteiger partial charge is 0.389 e. The molecule has 1 aromatic rings. The highest BCUT2D eigenvalue weighted by atomic mass is 32.1. The van der Waals surface area contributed by atoms with Gasteiger partial charge in [-0.1, -0.05) is 38.9 Å². The van der Waals surface area contributed by atoms with E-state index in [2.05, 4.69) is 31.7 Å². The van der Waals surface area contributed by atoms with Crippen LogP contribution in [0.1, 0.15) is 56.4 Å². The van der Waals surface area contributed by atoms with Gasteiger partial charge in [0.1, 0.15) is 10.8 Å². The lowest BCUT2D eigenvalue weighted by Gasteiger charge is -2.42. The molecule has 2 rings (SSSR count). The van der Waals surface area contributed by atoms with Crippen LogP contribution in [0.25, 0.3) is 0 Å². The fourth-order valence-electron chi connectivity index (χ4n) is 3.50. The monoisotopic (exact) mass is 305 g/mol. The molecule has 0 aromatic carbocycles. The lowest BCUT2D eigenvalue weighted by Crippen LogP contribution is -2.41. The second-order valence-corrected chi connectivity index (χ2v) is 6.78. The maximum absolute atomic E-state index is 5.94. The average molecular weight is 305 g/mol. The highest BCUT2D eigenvalue weighted by Crippen LogP contribution is 2.39. The van der Waals surface area contributed by atoms with E-state index in [1.165, 1.54) is 25.7 Å². The highest BCUT2D eigenvalue weighted by molar-refractivity contribution is 7.80. The molecule has 1 aliphatic rings. The van der Waals surface area contributed by atoms with Crippen molar-refractivity contribution in [3.8, 4) is 0 Å². The first-order valence-electron chi connectivity index (χ1n) is 7.95. The standard InChI is InChI=1S/C17H27N3S/c1-5-17(6-2)7-9-20(10-8-17)16-14(15(18)21)12(3)11-13(4)19-16/h11H,5-10H2,1-4H3,(H2,18,21). The van der Waals surface area contributed by atoms with Gasteiger partial charge >= 0.3 is 0 Å². The van der Waals surface area contributed by atoms with E-state index >= 15 is 0 Å². The Labute approximate surface area is 133 Å². The van der Waals surface area contributed by atoms with E-state index in [1.807, 2.05) is 6.92 Å². The SMILES string of the molecule is CCC1(CC)CCN(c2nc(C)cc(C)c2C(N)=S)CC1. The number of thiocarbonyl (C=S) groups is 1. The van der Waals surface area contributed by atoms with E-state index in [0.29, 0.717) is 10.4 Å². The van der Waals surface area contributed by atoms with Gasteiger partial charge in [-0.3, -0.25) is 0 Å². The smallest absolute Gasteiger partial charge is 0.139 e.